The van der Waals surface area contributed by atoms with Gasteiger partial charge < -0.3 is 15.8 Å². The molecule has 3 N–H and O–H groups in total. The van der Waals surface area contributed by atoms with Gasteiger partial charge in [0.05, 0.1) is 17.9 Å². The molecule has 33 heavy (non-hydrogen) atoms. The summed E-state index contributed by atoms with van der Waals surface area (Å²) in [5.41, 5.74) is 10.6. The molecule has 0 aliphatic heterocycles. The maximum Gasteiger partial charge on any atom is 0.316 e. The number of carbonyl (C=O) groups excluding carboxylic acids is 1. The van der Waals surface area contributed by atoms with Crippen molar-refractivity contribution in [1.29, 1.82) is 0 Å². The Morgan fingerprint density at radius 3 is 2.33 bits per heavy atom. The lowest BCUT2D eigenvalue weighted by Crippen LogP contribution is -2.14. The van der Waals surface area contributed by atoms with Crippen molar-refractivity contribution in [3.05, 3.63) is 101 Å². The van der Waals surface area contributed by atoms with Crippen LogP contribution in [0.1, 0.15) is 23.6 Å². The second-order valence-electron chi connectivity index (χ2n) is 7.47. The van der Waals surface area contributed by atoms with Crippen LogP contribution < -0.4 is 15.8 Å². The Hall–Kier alpha value is -4.13. The quantitative estimate of drug-likeness (QED) is 0.437. The van der Waals surface area contributed by atoms with E-state index in [0.29, 0.717) is 17.2 Å². The van der Waals surface area contributed by atoms with Crippen LogP contribution in [0.4, 0.5) is 11.4 Å². The second kappa shape index (κ2) is 11.5. The van der Waals surface area contributed by atoms with E-state index < -0.39 is 0 Å². The average molecular weight is 447 g/mol. The summed E-state index contributed by atoms with van der Waals surface area (Å²) in [6.45, 7) is 2.48. The lowest BCUT2D eigenvalue weighted by molar-refractivity contribution is -0.736. The Kier molecular flexibility index (Phi) is 8.18. The third-order valence-electron chi connectivity index (χ3n) is 5.13. The molecule has 0 spiro atoms. The van der Waals surface area contributed by atoms with Gasteiger partial charge in [-0.1, -0.05) is 42.5 Å². The normalized spacial score (nSPS) is 11.0. The molecule has 0 aliphatic carbocycles. The van der Waals surface area contributed by atoms with Gasteiger partial charge in [-0.05, 0) is 48.0 Å². The molecule has 0 bridgehead atoms. The molecule has 0 fully saturated rings. The van der Waals surface area contributed by atoms with E-state index in [4.69, 9.17) is 10.5 Å². The third-order valence-corrected chi connectivity index (χ3v) is 5.13. The topological polar surface area (TPSA) is 93.7 Å². The van der Waals surface area contributed by atoms with Crippen LogP contribution >= 0.6 is 0 Å². The van der Waals surface area contributed by atoms with Gasteiger partial charge in [0.15, 0.2) is 7.11 Å². The SMILES string of the molecule is CO[N+](=O)c1ccc(CC(=O)Nc2ccc(CCOc3ccccc3C(C)=CN)cc2)cc1. The first-order valence-electron chi connectivity index (χ1n) is 10.6. The summed E-state index contributed by atoms with van der Waals surface area (Å²) in [5.74, 6) is 0.670. The molecule has 1 amide bonds. The Balaban J connectivity index is 1.49. The predicted molar refractivity (Wildman–Crippen MR) is 129 cm³/mol. The van der Waals surface area contributed by atoms with Crippen LogP contribution in [-0.4, -0.2) is 24.5 Å². The van der Waals surface area contributed by atoms with Gasteiger partial charge >= 0.3 is 5.69 Å². The fourth-order valence-corrected chi connectivity index (χ4v) is 3.27. The molecule has 0 aromatic heterocycles. The van der Waals surface area contributed by atoms with E-state index in [0.717, 1.165) is 40.1 Å². The number of anilines is 1. The zero-order valence-corrected chi connectivity index (χ0v) is 18.8. The third kappa shape index (κ3) is 6.67. The summed E-state index contributed by atoms with van der Waals surface area (Å²) in [6.07, 6.45) is 2.52. The van der Waals surface area contributed by atoms with Crippen molar-refractivity contribution in [2.45, 2.75) is 19.8 Å². The van der Waals surface area contributed by atoms with Gasteiger partial charge in [0.1, 0.15) is 5.75 Å². The van der Waals surface area contributed by atoms with Crippen LogP contribution in [0.2, 0.25) is 0 Å². The van der Waals surface area contributed by atoms with Crippen LogP contribution in [0.15, 0.2) is 79.0 Å². The number of nitrogens with two attached hydrogens (primary N) is 1. The molecule has 0 atom stereocenters. The minimum atomic E-state index is -0.135. The maximum atomic E-state index is 12.3. The lowest BCUT2D eigenvalue weighted by atomic mass is 10.1. The van der Waals surface area contributed by atoms with Gasteiger partial charge in [0, 0.05) is 29.8 Å². The van der Waals surface area contributed by atoms with Crippen molar-refractivity contribution in [3.8, 4) is 5.75 Å². The van der Waals surface area contributed by atoms with Crippen molar-refractivity contribution >= 4 is 22.9 Å². The number of allylic oxidation sites excluding steroid dienone is 1. The van der Waals surface area contributed by atoms with Gasteiger partial charge in [-0.25, -0.2) is 4.84 Å². The van der Waals surface area contributed by atoms with E-state index in [1.165, 1.54) is 7.11 Å². The van der Waals surface area contributed by atoms with Crippen LogP contribution in [0.3, 0.4) is 0 Å². The summed E-state index contributed by atoms with van der Waals surface area (Å²) in [4.78, 5) is 28.8. The number of hydrogen-bond donors (Lipinski definition) is 2. The van der Waals surface area contributed by atoms with Gasteiger partial charge in [-0.2, -0.15) is 0 Å². The highest BCUT2D eigenvalue weighted by atomic mass is 16.8. The molecule has 3 aromatic rings. The number of hydrogen-bond acceptors (Lipinski definition) is 5. The van der Waals surface area contributed by atoms with E-state index in [9.17, 15) is 9.70 Å². The number of amides is 1. The first-order valence-corrected chi connectivity index (χ1v) is 10.6. The first kappa shape index (κ1) is 23.5. The van der Waals surface area contributed by atoms with E-state index in [-0.39, 0.29) is 12.3 Å². The van der Waals surface area contributed by atoms with Crippen molar-refractivity contribution in [2.24, 2.45) is 5.73 Å². The van der Waals surface area contributed by atoms with Gasteiger partial charge in [-0.3, -0.25) is 4.79 Å². The minimum absolute atomic E-state index is 0.135. The molecule has 0 heterocycles. The van der Waals surface area contributed by atoms with Crippen LogP contribution in [0.5, 0.6) is 5.75 Å². The fraction of sp³-hybridized carbons (Fsp3) is 0.192. The molecule has 7 heteroatoms. The molecular formula is C26H28N3O4+. The van der Waals surface area contributed by atoms with Gasteiger partial charge in [0.2, 0.25) is 5.91 Å². The largest absolute Gasteiger partial charge is 0.493 e. The number of rotatable bonds is 10. The molecule has 3 aromatic carbocycles. The summed E-state index contributed by atoms with van der Waals surface area (Å²) < 4.78 is 5.96. The zero-order valence-electron chi connectivity index (χ0n) is 18.8. The molecule has 7 nitrogen and oxygen atoms in total. The number of carbonyl (C=O) groups is 1. The number of para-hydroxylation sites is 1. The highest BCUT2D eigenvalue weighted by Gasteiger charge is 2.14. The molecule has 0 saturated carbocycles. The zero-order chi connectivity index (χ0) is 23.6. The molecule has 0 saturated heterocycles. The summed E-state index contributed by atoms with van der Waals surface area (Å²) >= 11 is 0. The molecule has 170 valence electrons. The van der Waals surface area contributed by atoms with Crippen LogP contribution in [0, 0.1) is 4.91 Å². The van der Waals surface area contributed by atoms with Crippen LogP contribution in [0.25, 0.3) is 5.57 Å². The van der Waals surface area contributed by atoms with Gasteiger partial charge in [0.25, 0.3) is 4.92 Å². The molecule has 0 radical (unpaired) electrons. The van der Waals surface area contributed by atoms with Crippen LogP contribution in [-0.2, 0) is 22.5 Å². The smallest absolute Gasteiger partial charge is 0.316 e. The fourth-order valence-electron chi connectivity index (χ4n) is 3.27. The van der Waals surface area contributed by atoms with E-state index >= 15 is 0 Å². The lowest BCUT2D eigenvalue weighted by Gasteiger charge is -2.12. The molecule has 0 unspecified atom stereocenters. The van der Waals surface area contributed by atoms with E-state index in [1.807, 2.05) is 55.5 Å². The summed E-state index contributed by atoms with van der Waals surface area (Å²) in [6, 6.07) is 22.2. The van der Waals surface area contributed by atoms with E-state index in [1.54, 1.807) is 30.5 Å². The number of nitrogens with one attached hydrogen (secondary N) is 1. The Bertz CT molecular complexity index is 1120. The van der Waals surface area contributed by atoms with Gasteiger partial charge in [-0.15, -0.1) is 0 Å². The highest BCUT2D eigenvalue weighted by molar-refractivity contribution is 5.92. The predicted octanol–water partition coefficient (Wildman–Crippen LogP) is 4.78. The Morgan fingerprint density at radius 1 is 1.00 bits per heavy atom. The number of ether oxygens (including phenoxy) is 1. The maximum absolute atomic E-state index is 12.3. The van der Waals surface area contributed by atoms with E-state index in [2.05, 4.69) is 10.2 Å². The minimum Gasteiger partial charge on any atom is -0.493 e. The highest BCUT2D eigenvalue weighted by Crippen LogP contribution is 2.25. The first-order chi connectivity index (χ1) is 16.0. The molecular weight excluding hydrogens is 418 g/mol. The monoisotopic (exact) mass is 446 g/mol. The summed E-state index contributed by atoms with van der Waals surface area (Å²) in [7, 11) is 1.30. The van der Waals surface area contributed by atoms with Crippen molar-refractivity contribution in [1.82, 2.24) is 0 Å². The van der Waals surface area contributed by atoms with Crippen molar-refractivity contribution in [3.63, 3.8) is 0 Å². The Labute approximate surface area is 193 Å². The summed E-state index contributed by atoms with van der Waals surface area (Å²) in [5, 5.41) is 2.89. The molecule has 3 rings (SSSR count). The second-order valence-corrected chi connectivity index (χ2v) is 7.47. The average Bonchev–Trinajstić information content (AvgIpc) is 2.85. The van der Waals surface area contributed by atoms with Crippen molar-refractivity contribution in [2.75, 3.05) is 19.0 Å². The van der Waals surface area contributed by atoms with Crippen molar-refractivity contribution < 1.29 is 19.3 Å². The number of benzene rings is 3. The Morgan fingerprint density at radius 2 is 1.67 bits per heavy atom. The number of nitrogens with zero attached hydrogens (tertiary/aromatic N) is 1. The standard InChI is InChI=1S/C26H27N3O4/c1-19(18-27)24-5-3-4-6-25(24)33-16-15-20-7-11-22(12-8-20)28-26(30)17-21-9-13-23(14-10-21)29(31)32-2/h3-14,18H,15-17,27H2,1-2H3/p+1. The molecule has 0 aliphatic rings.